The van der Waals surface area contributed by atoms with Gasteiger partial charge in [0.2, 0.25) is 0 Å². The molecule has 0 heterocycles. The number of halogens is 13. The molecule has 198 valence electrons. The molecule has 0 bridgehead atoms. The number of hydrogen-bond donors (Lipinski definition) is 0. The molecule has 0 saturated heterocycles. The van der Waals surface area contributed by atoms with Gasteiger partial charge in [-0.25, -0.2) is 8.42 Å². The maximum absolute atomic E-state index is 14.0. The van der Waals surface area contributed by atoms with Gasteiger partial charge in [0.25, 0.3) is 10.0 Å². The molecule has 0 aliphatic rings. The van der Waals surface area contributed by atoms with Crippen molar-refractivity contribution in [1.29, 1.82) is 0 Å². The molecule has 0 aliphatic carbocycles. The first-order valence-corrected chi connectivity index (χ1v) is 9.97. The van der Waals surface area contributed by atoms with Crippen molar-refractivity contribution in [3.8, 4) is 0 Å². The summed E-state index contributed by atoms with van der Waals surface area (Å²) >= 11 is 0. The number of alkyl halides is 13. The van der Waals surface area contributed by atoms with Crippen LogP contribution in [0.5, 0.6) is 0 Å². The van der Waals surface area contributed by atoms with Crippen LogP contribution < -0.4 is 56.5 Å². The Morgan fingerprint density at radius 1 is 0.735 bits per heavy atom. The normalized spacial score (nSPS) is 14.8. The fourth-order valence-electron chi connectivity index (χ4n) is 2.22. The molecule has 0 rings (SSSR count). The van der Waals surface area contributed by atoms with E-state index < -0.39 is 74.9 Å². The van der Waals surface area contributed by atoms with Gasteiger partial charge in [0.15, 0.2) is 0 Å². The molecule has 5 nitrogen and oxygen atoms in total. The van der Waals surface area contributed by atoms with Crippen LogP contribution in [0.15, 0.2) is 0 Å². The number of carboxylic acid groups (broad SMARTS) is 1. The van der Waals surface area contributed by atoms with Crippen LogP contribution in [0.4, 0.5) is 57.1 Å². The van der Waals surface area contributed by atoms with Crippen molar-refractivity contribution in [1.82, 2.24) is 4.31 Å². The van der Waals surface area contributed by atoms with Gasteiger partial charge in [0.05, 0.1) is 12.5 Å². The second-order valence-electron chi connectivity index (χ2n) is 6.58. The van der Waals surface area contributed by atoms with Gasteiger partial charge in [0.1, 0.15) is 0 Å². The average Bonchev–Trinajstić information content (AvgIpc) is 2.62. The Bertz CT molecular complexity index is 802. The number of nitrogens with zero attached hydrogens (tertiary/aromatic N) is 1. The van der Waals surface area contributed by atoms with E-state index in [1.54, 1.807) is 6.92 Å². The van der Waals surface area contributed by atoms with Crippen LogP contribution >= 0.6 is 0 Å². The maximum Gasteiger partial charge on any atom is 1.00 e. The van der Waals surface area contributed by atoms with Gasteiger partial charge in [0, 0.05) is 6.54 Å². The number of rotatable bonds is 13. The smallest absolute Gasteiger partial charge is 0.549 e. The molecule has 0 fully saturated rings. The van der Waals surface area contributed by atoms with E-state index in [1.165, 1.54) is 0 Å². The predicted molar refractivity (Wildman–Crippen MR) is 80.4 cm³/mol. The molecule has 0 aromatic rings. The number of sulfonamides is 1. The van der Waals surface area contributed by atoms with E-state index in [2.05, 4.69) is 0 Å². The van der Waals surface area contributed by atoms with Gasteiger partial charge in [-0.2, -0.15) is 61.4 Å². The summed E-state index contributed by atoms with van der Waals surface area (Å²) in [6.45, 7) is -1.98. The van der Waals surface area contributed by atoms with Gasteiger partial charge in [-0.3, -0.25) is 0 Å². The Morgan fingerprint density at radius 3 is 1.50 bits per heavy atom. The third-order valence-corrected chi connectivity index (χ3v) is 6.03. The fraction of sp³-hybridized carbons (Fsp3) is 0.929. The molecule has 0 aromatic carbocycles. The summed E-state index contributed by atoms with van der Waals surface area (Å²) in [6, 6.07) is 0. The molecule has 20 heteroatoms. The largest absolute Gasteiger partial charge is 1.00 e. The summed E-state index contributed by atoms with van der Waals surface area (Å²) < 4.78 is 194. The minimum absolute atomic E-state index is 0. The van der Waals surface area contributed by atoms with Gasteiger partial charge in [-0.05, 0) is 6.42 Å². The van der Waals surface area contributed by atoms with Gasteiger partial charge >= 0.3 is 86.5 Å². The van der Waals surface area contributed by atoms with E-state index in [4.69, 9.17) is 0 Å². The van der Waals surface area contributed by atoms with Crippen LogP contribution in [-0.4, -0.2) is 66.9 Å². The van der Waals surface area contributed by atoms with Gasteiger partial charge in [-0.15, -0.1) is 0 Å². The standard InChI is InChI=1S/C14H16F13NO4S.K/c1-2-3-4-5-6-28(7-8(29)30)33(31,32)14(26,27)12(21,22)10(17,18)9(15,16)11(19,20)13(23,24)25;/h2-7H2,1H3,(H,29,30);/q;+1/p-1. The topological polar surface area (TPSA) is 77.5 Å². The van der Waals surface area contributed by atoms with Gasteiger partial charge < -0.3 is 9.90 Å². The summed E-state index contributed by atoms with van der Waals surface area (Å²) in [6.07, 6.45) is -7.58. The van der Waals surface area contributed by atoms with E-state index in [0.29, 0.717) is 6.42 Å². The number of hydrogen-bond acceptors (Lipinski definition) is 4. The first-order chi connectivity index (χ1) is 14.4. The molecule has 0 saturated carbocycles. The number of carbonyl (C=O) groups excluding carboxylic acids is 1. The third kappa shape index (κ3) is 6.32. The van der Waals surface area contributed by atoms with Crippen LogP contribution in [0, 0.1) is 0 Å². The number of carboxylic acids is 1. The Kier molecular flexibility index (Phi) is 12.4. The van der Waals surface area contributed by atoms with Crippen molar-refractivity contribution in [2.75, 3.05) is 13.1 Å². The van der Waals surface area contributed by atoms with Crippen LogP contribution in [0.3, 0.4) is 0 Å². The zero-order valence-electron chi connectivity index (χ0n) is 17.1. The van der Waals surface area contributed by atoms with Gasteiger partial charge in [-0.1, -0.05) is 26.2 Å². The number of aliphatic carboxylic acids is 1. The predicted octanol–water partition coefficient (Wildman–Crippen LogP) is 0.649. The Balaban J connectivity index is 0. The monoisotopic (exact) mass is 579 g/mol. The Morgan fingerprint density at radius 2 is 1.15 bits per heavy atom. The molecule has 0 radical (unpaired) electrons. The zero-order valence-corrected chi connectivity index (χ0v) is 21.1. The number of unbranched alkanes of at least 4 members (excludes halogenated alkanes) is 3. The second kappa shape index (κ2) is 11.7. The van der Waals surface area contributed by atoms with E-state index in [-0.39, 0.29) is 64.2 Å². The van der Waals surface area contributed by atoms with E-state index in [1.807, 2.05) is 0 Å². The van der Waals surface area contributed by atoms with E-state index >= 15 is 0 Å². The molecular formula is C14H15F13KNO4S. The van der Waals surface area contributed by atoms with Crippen LogP contribution in [0.2, 0.25) is 0 Å². The fourth-order valence-corrected chi connectivity index (χ4v) is 3.64. The summed E-state index contributed by atoms with van der Waals surface area (Å²) in [7, 11) is -7.38. The molecule has 0 N–H and O–H groups in total. The molecule has 0 atom stereocenters. The molecule has 0 amide bonds. The third-order valence-electron chi connectivity index (χ3n) is 4.13. The minimum Gasteiger partial charge on any atom is -0.549 e. The zero-order chi connectivity index (χ0) is 26.9. The minimum atomic E-state index is -8.31. The molecule has 0 spiro atoms. The molecule has 0 aliphatic heterocycles. The van der Waals surface area contributed by atoms with Crippen molar-refractivity contribution in [2.24, 2.45) is 0 Å². The summed E-state index contributed by atoms with van der Waals surface area (Å²) in [5, 5.41) is 3.10. The van der Waals surface area contributed by atoms with Crippen molar-refractivity contribution in [3.05, 3.63) is 0 Å². The molecular weight excluding hydrogens is 564 g/mol. The Hall–Kier alpha value is 0.106. The summed E-state index contributed by atoms with van der Waals surface area (Å²) in [5.74, 6) is -35.2. The van der Waals surface area contributed by atoms with Crippen molar-refractivity contribution >= 4 is 16.0 Å². The van der Waals surface area contributed by atoms with Crippen LogP contribution in [-0.2, 0) is 14.8 Å². The van der Waals surface area contributed by atoms with Crippen molar-refractivity contribution in [3.63, 3.8) is 0 Å². The first kappa shape index (κ1) is 36.3. The second-order valence-corrected chi connectivity index (χ2v) is 8.56. The SMILES string of the molecule is CCCCCCN(CC(=O)[O-])S(=O)(=O)C(F)(F)C(F)(F)C(F)(F)C(F)(F)C(F)(F)C(F)(F)F.[K+]. The molecule has 0 aromatic heterocycles. The first-order valence-electron chi connectivity index (χ1n) is 8.53. The van der Waals surface area contributed by atoms with Crippen molar-refractivity contribution in [2.45, 2.75) is 67.7 Å². The number of carbonyl (C=O) groups is 1. The average molecular weight is 579 g/mol. The van der Waals surface area contributed by atoms with Crippen LogP contribution in [0.25, 0.3) is 0 Å². The van der Waals surface area contributed by atoms with E-state index in [0.717, 1.165) is 0 Å². The quantitative estimate of drug-likeness (QED) is 0.183. The van der Waals surface area contributed by atoms with Crippen LogP contribution in [0.1, 0.15) is 32.6 Å². The molecule has 0 unspecified atom stereocenters. The van der Waals surface area contributed by atoms with E-state index in [9.17, 15) is 75.4 Å². The maximum atomic E-state index is 14.0. The van der Waals surface area contributed by atoms with Crippen molar-refractivity contribution < 1.29 is 127 Å². The summed E-state index contributed by atoms with van der Waals surface area (Å²) in [5.41, 5.74) is 0. The molecule has 34 heavy (non-hydrogen) atoms. The summed E-state index contributed by atoms with van der Waals surface area (Å²) in [4.78, 5) is 10.6. The Labute approximate surface area is 226 Å².